The molecule has 1 aromatic rings. The molecule has 1 fully saturated rings. The average molecular weight is 193 g/mol. The third-order valence-corrected chi connectivity index (χ3v) is 3.34. The van der Waals surface area contributed by atoms with Crippen molar-refractivity contribution in [3.8, 4) is 0 Å². The molecule has 1 N–H and O–H groups in total. The first-order valence-corrected chi connectivity index (χ1v) is 5.43. The molecule has 1 aliphatic rings. The minimum absolute atomic E-state index is 0.614. The zero-order valence-electron chi connectivity index (χ0n) is 9.30. The van der Waals surface area contributed by atoms with Crippen molar-refractivity contribution in [2.24, 2.45) is 0 Å². The molecule has 78 valence electrons. The van der Waals surface area contributed by atoms with E-state index in [2.05, 4.69) is 35.9 Å². The van der Waals surface area contributed by atoms with Crippen LogP contribution in [0.3, 0.4) is 0 Å². The lowest BCUT2D eigenvalue weighted by molar-refractivity contribution is 0.337. The van der Waals surface area contributed by atoms with Crippen LogP contribution in [0.4, 0.5) is 0 Å². The van der Waals surface area contributed by atoms with E-state index in [0.29, 0.717) is 6.04 Å². The third kappa shape index (κ3) is 1.57. The van der Waals surface area contributed by atoms with Gasteiger partial charge in [0.2, 0.25) is 0 Å². The van der Waals surface area contributed by atoms with Crippen LogP contribution in [-0.4, -0.2) is 22.9 Å². The maximum absolute atomic E-state index is 4.62. The number of aromatic nitrogens is 2. The summed E-state index contributed by atoms with van der Waals surface area (Å²) in [6.45, 7) is 8.69. The number of hydrogen-bond acceptors (Lipinski definition) is 2. The minimum atomic E-state index is 0.614. The normalized spacial score (nSPS) is 18.8. The van der Waals surface area contributed by atoms with Gasteiger partial charge in [-0.05, 0) is 52.3 Å². The van der Waals surface area contributed by atoms with Crippen molar-refractivity contribution >= 4 is 0 Å². The van der Waals surface area contributed by atoms with Gasteiger partial charge in [0.25, 0.3) is 0 Å². The summed E-state index contributed by atoms with van der Waals surface area (Å²) < 4.78 is 2.23. The largest absolute Gasteiger partial charge is 0.317 e. The molecule has 3 heteroatoms. The highest BCUT2D eigenvalue weighted by Gasteiger charge is 2.18. The van der Waals surface area contributed by atoms with Gasteiger partial charge in [0, 0.05) is 5.69 Å². The van der Waals surface area contributed by atoms with E-state index < -0.39 is 0 Å². The third-order valence-electron chi connectivity index (χ3n) is 3.34. The Bertz CT molecular complexity index is 322. The van der Waals surface area contributed by atoms with E-state index in [1.165, 1.54) is 29.8 Å². The fourth-order valence-corrected chi connectivity index (χ4v) is 2.15. The molecule has 0 atom stereocenters. The molecule has 0 aliphatic carbocycles. The van der Waals surface area contributed by atoms with Gasteiger partial charge < -0.3 is 5.32 Å². The van der Waals surface area contributed by atoms with Crippen LogP contribution in [-0.2, 0) is 0 Å². The molecular weight excluding hydrogens is 174 g/mol. The molecule has 1 saturated heterocycles. The fraction of sp³-hybridized carbons (Fsp3) is 0.727. The minimum Gasteiger partial charge on any atom is -0.317 e. The fourth-order valence-electron chi connectivity index (χ4n) is 2.15. The van der Waals surface area contributed by atoms with Crippen LogP contribution in [0.15, 0.2) is 0 Å². The van der Waals surface area contributed by atoms with Crippen LogP contribution in [0.25, 0.3) is 0 Å². The molecule has 1 aromatic heterocycles. The van der Waals surface area contributed by atoms with Crippen LogP contribution in [0.5, 0.6) is 0 Å². The van der Waals surface area contributed by atoms with E-state index in [4.69, 9.17) is 0 Å². The van der Waals surface area contributed by atoms with Crippen LogP contribution >= 0.6 is 0 Å². The standard InChI is InChI=1S/C11H19N3/c1-8-9(2)13-14(10(8)3)11-4-6-12-7-5-11/h11-12H,4-7H2,1-3H3. The van der Waals surface area contributed by atoms with Gasteiger partial charge >= 0.3 is 0 Å². The summed E-state index contributed by atoms with van der Waals surface area (Å²) in [7, 11) is 0. The summed E-state index contributed by atoms with van der Waals surface area (Å²) in [4.78, 5) is 0. The van der Waals surface area contributed by atoms with Crippen molar-refractivity contribution in [3.63, 3.8) is 0 Å². The van der Waals surface area contributed by atoms with Crippen molar-refractivity contribution in [2.45, 2.75) is 39.7 Å². The number of nitrogens with one attached hydrogen (secondary N) is 1. The van der Waals surface area contributed by atoms with Crippen molar-refractivity contribution in [1.82, 2.24) is 15.1 Å². The lowest BCUT2D eigenvalue weighted by Gasteiger charge is -2.24. The predicted molar refractivity (Wildman–Crippen MR) is 57.6 cm³/mol. The molecule has 14 heavy (non-hydrogen) atoms. The Morgan fingerprint density at radius 2 is 1.86 bits per heavy atom. The van der Waals surface area contributed by atoms with E-state index in [-0.39, 0.29) is 0 Å². The molecule has 0 amide bonds. The molecule has 0 saturated carbocycles. The molecule has 1 aliphatic heterocycles. The lowest BCUT2D eigenvalue weighted by Crippen LogP contribution is -2.30. The second-order valence-electron chi connectivity index (χ2n) is 4.22. The maximum Gasteiger partial charge on any atom is 0.0625 e. The summed E-state index contributed by atoms with van der Waals surface area (Å²) in [5, 5.41) is 8.01. The van der Waals surface area contributed by atoms with Crippen LogP contribution in [0.2, 0.25) is 0 Å². The number of piperidine rings is 1. The highest BCUT2D eigenvalue weighted by atomic mass is 15.3. The van der Waals surface area contributed by atoms with E-state index in [1.807, 2.05) is 0 Å². The van der Waals surface area contributed by atoms with Gasteiger partial charge in [-0.1, -0.05) is 0 Å². The first-order valence-electron chi connectivity index (χ1n) is 5.43. The Labute approximate surface area is 85.5 Å². The summed E-state index contributed by atoms with van der Waals surface area (Å²) in [5.74, 6) is 0. The first-order chi connectivity index (χ1) is 6.70. The zero-order chi connectivity index (χ0) is 10.1. The summed E-state index contributed by atoms with van der Waals surface area (Å²) in [6, 6.07) is 0.614. The first kappa shape index (κ1) is 9.71. The maximum atomic E-state index is 4.62. The van der Waals surface area contributed by atoms with Crippen molar-refractivity contribution in [3.05, 3.63) is 17.0 Å². The average Bonchev–Trinajstić information content (AvgIpc) is 2.47. The number of rotatable bonds is 1. The van der Waals surface area contributed by atoms with Crippen molar-refractivity contribution < 1.29 is 0 Å². The Morgan fingerprint density at radius 3 is 2.36 bits per heavy atom. The second-order valence-corrected chi connectivity index (χ2v) is 4.22. The molecule has 0 spiro atoms. The van der Waals surface area contributed by atoms with E-state index in [0.717, 1.165) is 13.1 Å². The molecule has 0 unspecified atom stereocenters. The summed E-state index contributed by atoms with van der Waals surface area (Å²) in [5.41, 5.74) is 3.87. The monoisotopic (exact) mass is 193 g/mol. The van der Waals surface area contributed by atoms with Crippen molar-refractivity contribution in [1.29, 1.82) is 0 Å². The Morgan fingerprint density at radius 1 is 1.21 bits per heavy atom. The van der Waals surface area contributed by atoms with Gasteiger partial charge in [-0.25, -0.2) is 0 Å². The molecular formula is C11H19N3. The molecule has 0 bridgehead atoms. The second kappa shape index (κ2) is 3.73. The SMILES string of the molecule is Cc1nn(C2CCNCC2)c(C)c1C. The molecule has 3 nitrogen and oxygen atoms in total. The van der Waals surface area contributed by atoms with Crippen LogP contribution in [0, 0.1) is 20.8 Å². The predicted octanol–water partition coefficient (Wildman–Crippen LogP) is 1.73. The van der Waals surface area contributed by atoms with Gasteiger partial charge in [-0.15, -0.1) is 0 Å². The topological polar surface area (TPSA) is 29.9 Å². The summed E-state index contributed by atoms with van der Waals surface area (Å²) in [6.07, 6.45) is 2.42. The number of nitrogens with zero attached hydrogens (tertiary/aromatic N) is 2. The van der Waals surface area contributed by atoms with Gasteiger partial charge in [0.15, 0.2) is 0 Å². The highest BCUT2D eigenvalue weighted by molar-refractivity contribution is 5.22. The number of aryl methyl sites for hydroxylation is 1. The van der Waals surface area contributed by atoms with E-state index in [1.54, 1.807) is 0 Å². The van der Waals surface area contributed by atoms with Crippen molar-refractivity contribution in [2.75, 3.05) is 13.1 Å². The zero-order valence-corrected chi connectivity index (χ0v) is 9.30. The Kier molecular flexibility index (Phi) is 2.59. The quantitative estimate of drug-likeness (QED) is 0.736. The van der Waals surface area contributed by atoms with Gasteiger partial charge in [-0.3, -0.25) is 4.68 Å². The van der Waals surface area contributed by atoms with E-state index in [9.17, 15) is 0 Å². The van der Waals surface area contributed by atoms with E-state index >= 15 is 0 Å². The molecule has 2 rings (SSSR count). The smallest absolute Gasteiger partial charge is 0.0625 e. The lowest BCUT2D eigenvalue weighted by atomic mass is 10.1. The number of hydrogen-bond donors (Lipinski definition) is 1. The molecule has 0 aromatic carbocycles. The molecule has 0 radical (unpaired) electrons. The van der Waals surface area contributed by atoms with Gasteiger partial charge in [0.05, 0.1) is 11.7 Å². The van der Waals surface area contributed by atoms with Gasteiger partial charge in [0.1, 0.15) is 0 Å². The van der Waals surface area contributed by atoms with Crippen LogP contribution in [0.1, 0.15) is 35.8 Å². The van der Waals surface area contributed by atoms with Crippen LogP contribution < -0.4 is 5.32 Å². The highest BCUT2D eigenvalue weighted by Crippen LogP contribution is 2.22. The Balaban J connectivity index is 2.26. The summed E-state index contributed by atoms with van der Waals surface area (Å²) >= 11 is 0. The Hall–Kier alpha value is -0.830. The molecule has 2 heterocycles. The van der Waals surface area contributed by atoms with Gasteiger partial charge in [-0.2, -0.15) is 5.10 Å².